The monoisotopic (exact) mass is 369 g/mol. The summed E-state index contributed by atoms with van der Waals surface area (Å²) in [6.45, 7) is 0.705. The minimum absolute atomic E-state index is 0.0315. The van der Waals surface area contributed by atoms with Gasteiger partial charge in [-0.05, 0) is 6.42 Å². The average Bonchev–Trinajstić information content (AvgIpc) is 3.19. The molecule has 1 aromatic rings. The molecule has 0 bridgehead atoms. The highest BCUT2D eigenvalue weighted by Crippen LogP contribution is 2.27. The lowest BCUT2D eigenvalue weighted by Crippen LogP contribution is -2.49. The van der Waals surface area contributed by atoms with Crippen LogP contribution in [0.15, 0.2) is 12.4 Å². The van der Waals surface area contributed by atoms with E-state index >= 15 is 0 Å². The maximum absolute atomic E-state index is 12.3. The lowest BCUT2D eigenvalue weighted by atomic mass is 10.1. The highest BCUT2D eigenvalue weighted by atomic mass is 32.2. The fourth-order valence-electron chi connectivity index (χ4n) is 3.23. The predicted octanol–water partition coefficient (Wildman–Crippen LogP) is 0.177. The average molecular weight is 370 g/mol. The summed E-state index contributed by atoms with van der Waals surface area (Å²) in [6.07, 6.45) is 3.82. The van der Waals surface area contributed by atoms with Crippen molar-refractivity contribution in [1.29, 1.82) is 0 Å². The zero-order valence-corrected chi connectivity index (χ0v) is 15.3. The first-order valence-corrected chi connectivity index (χ1v) is 10.4. The van der Waals surface area contributed by atoms with Crippen LogP contribution in [0.5, 0.6) is 0 Å². The molecule has 3 N–H and O–H groups in total. The topological polar surface area (TPSA) is 90.1 Å². The number of aromatic amines is 1. The molecule has 0 radical (unpaired) electrons. The molecular weight excluding hydrogens is 346 g/mol. The fourth-order valence-corrected chi connectivity index (χ4v) is 5.82. The van der Waals surface area contributed by atoms with E-state index in [1.54, 1.807) is 19.4 Å². The first-order valence-electron chi connectivity index (χ1n) is 8.12. The normalized spacial score (nSPS) is 26.0. The number of imidazole rings is 1. The molecule has 2 amide bonds. The molecule has 3 heterocycles. The van der Waals surface area contributed by atoms with E-state index in [9.17, 15) is 9.59 Å². The Balaban J connectivity index is 1.67. The van der Waals surface area contributed by atoms with Crippen molar-refractivity contribution in [2.45, 2.75) is 24.5 Å². The highest BCUT2D eigenvalue weighted by Gasteiger charge is 2.40. The van der Waals surface area contributed by atoms with Crippen LogP contribution < -0.4 is 10.6 Å². The third kappa shape index (κ3) is 4.07. The number of aromatic nitrogens is 2. The number of nitrogens with one attached hydrogen (secondary N) is 3. The van der Waals surface area contributed by atoms with Crippen molar-refractivity contribution in [3.05, 3.63) is 18.2 Å². The maximum Gasteiger partial charge on any atom is 0.287 e. The number of hydrogen-bond acceptors (Lipinski definition) is 6. The van der Waals surface area contributed by atoms with E-state index in [1.165, 1.54) is 0 Å². The van der Waals surface area contributed by atoms with Gasteiger partial charge in [0.05, 0.1) is 6.04 Å². The van der Waals surface area contributed by atoms with E-state index in [0.29, 0.717) is 24.8 Å². The molecule has 0 aromatic carbocycles. The Kier molecular flexibility index (Phi) is 6.07. The van der Waals surface area contributed by atoms with Crippen molar-refractivity contribution in [3.63, 3.8) is 0 Å². The van der Waals surface area contributed by atoms with E-state index in [4.69, 9.17) is 0 Å². The Bertz CT molecular complexity index is 560. The quantitative estimate of drug-likeness (QED) is 0.701. The maximum atomic E-state index is 12.3. The second kappa shape index (κ2) is 8.26. The number of H-pyrrole nitrogens is 1. The van der Waals surface area contributed by atoms with Crippen molar-refractivity contribution in [2.75, 3.05) is 36.6 Å². The molecule has 0 aliphatic carbocycles. The number of amides is 2. The van der Waals surface area contributed by atoms with Crippen molar-refractivity contribution in [2.24, 2.45) is 0 Å². The van der Waals surface area contributed by atoms with Gasteiger partial charge < -0.3 is 15.6 Å². The summed E-state index contributed by atoms with van der Waals surface area (Å²) in [4.78, 5) is 33.6. The zero-order chi connectivity index (χ0) is 16.9. The molecule has 132 valence electrons. The molecule has 2 fully saturated rings. The number of thioether (sulfide) groups is 2. The summed E-state index contributed by atoms with van der Waals surface area (Å²) in [6, 6.07) is 0.152. The van der Waals surface area contributed by atoms with Crippen LogP contribution in [0.1, 0.15) is 17.0 Å². The minimum Gasteiger partial charge on any atom is -0.358 e. The van der Waals surface area contributed by atoms with Gasteiger partial charge in [0.15, 0.2) is 5.82 Å². The molecule has 1 aromatic heterocycles. The van der Waals surface area contributed by atoms with E-state index < -0.39 is 0 Å². The molecule has 2 atom stereocenters. The van der Waals surface area contributed by atoms with Gasteiger partial charge >= 0.3 is 0 Å². The van der Waals surface area contributed by atoms with Gasteiger partial charge in [-0.15, -0.1) is 0 Å². The predicted molar refractivity (Wildman–Crippen MR) is 97.5 cm³/mol. The Morgan fingerprint density at radius 3 is 2.71 bits per heavy atom. The number of nitrogens with zero attached hydrogens (tertiary/aromatic N) is 2. The van der Waals surface area contributed by atoms with Crippen LogP contribution in [0.2, 0.25) is 0 Å². The molecule has 9 heteroatoms. The van der Waals surface area contributed by atoms with Gasteiger partial charge in [-0.2, -0.15) is 23.5 Å². The zero-order valence-electron chi connectivity index (χ0n) is 13.7. The van der Waals surface area contributed by atoms with E-state index in [1.807, 2.05) is 23.5 Å². The van der Waals surface area contributed by atoms with E-state index in [0.717, 1.165) is 23.0 Å². The van der Waals surface area contributed by atoms with Crippen LogP contribution >= 0.6 is 23.5 Å². The lowest BCUT2D eigenvalue weighted by Gasteiger charge is -2.30. The second-order valence-corrected chi connectivity index (χ2v) is 8.27. The molecule has 2 aliphatic rings. The van der Waals surface area contributed by atoms with Crippen LogP contribution in [-0.2, 0) is 4.79 Å². The summed E-state index contributed by atoms with van der Waals surface area (Å²) < 4.78 is 0. The Hall–Kier alpha value is -1.19. The summed E-state index contributed by atoms with van der Waals surface area (Å²) in [5, 5.41) is 5.77. The van der Waals surface area contributed by atoms with Crippen molar-refractivity contribution < 1.29 is 9.59 Å². The summed E-state index contributed by atoms with van der Waals surface area (Å²) in [5.41, 5.74) is 0. The number of likely N-dealkylation sites (tertiary alicyclic amines) is 1. The van der Waals surface area contributed by atoms with Gasteiger partial charge in [0.2, 0.25) is 5.91 Å². The van der Waals surface area contributed by atoms with Crippen LogP contribution in [-0.4, -0.2) is 81.4 Å². The number of carbonyl (C=O) groups excluding carboxylic acids is 2. The molecule has 7 nitrogen and oxygen atoms in total. The molecular formula is C15H23N5O2S2. The van der Waals surface area contributed by atoms with Gasteiger partial charge in [0.25, 0.3) is 5.91 Å². The number of carbonyl (C=O) groups is 2. The third-order valence-electron chi connectivity index (χ3n) is 4.40. The fraction of sp³-hybridized carbons (Fsp3) is 0.667. The van der Waals surface area contributed by atoms with Gasteiger partial charge in [0, 0.05) is 61.1 Å². The van der Waals surface area contributed by atoms with Gasteiger partial charge in [-0.25, -0.2) is 4.98 Å². The molecule has 0 spiro atoms. The third-order valence-corrected chi connectivity index (χ3v) is 6.88. The van der Waals surface area contributed by atoms with E-state index in [2.05, 4.69) is 25.5 Å². The lowest BCUT2D eigenvalue weighted by molar-refractivity contribution is -0.125. The number of hydrogen-bond donors (Lipinski definition) is 3. The first-order chi connectivity index (χ1) is 11.7. The molecule has 24 heavy (non-hydrogen) atoms. The van der Waals surface area contributed by atoms with Crippen LogP contribution in [0.4, 0.5) is 0 Å². The molecule has 0 unspecified atom stereocenters. The number of likely N-dealkylation sites (N-methyl/N-ethyl adjacent to an activating group) is 1. The van der Waals surface area contributed by atoms with Crippen LogP contribution in [0.3, 0.4) is 0 Å². The smallest absolute Gasteiger partial charge is 0.287 e. The Morgan fingerprint density at radius 2 is 2.08 bits per heavy atom. The summed E-state index contributed by atoms with van der Waals surface area (Å²) in [7, 11) is 1.67. The molecule has 3 rings (SSSR count). The first kappa shape index (κ1) is 17.6. The SMILES string of the molecule is CNC(=O)[C@@H]1C[C@@H](NC(=O)c2ncc[nH]2)CN1C1CSCCSC1. The van der Waals surface area contributed by atoms with Gasteiger partial charge in [-0.3, -0.25) is 14.5 Å². The largest absolute Gasteiger partial charge is 0.358 e. The summed E-state index contributed by atoms with van der Waals surface area (Å²) >= 11 is 3.90. The van der Waals surface area contributed by atoms with Gasteiger partial charge in [0.1, 0.15) is 0 Å². The Morgan fingerprint density at radius 1 is 1.33 bits per heavy atom. The summed E-state index contributed by atoms with van der Waals surface area (Å²) in [5.74, 6) is 4.54. The van der Waals surface area contributed by atoms with Crippen molar-refractivity contribution in [1.82, 2.24) is 25.5 Å². The van der Waals surface area contributed by atoms with Crippen LogP contribution in [0, 0.1) is 0 Å². The highest BCUT2D eigenvalue weighted by molar-refractivity contribution is 8.03. The molecule has 2 aliphatic heterocycles. The Labute approximate surface area is 150 Å². The van der Waals surface area contributed by atoms with Gasteiger partial charge in [-0.1, -0.05) is 0 Å². The van der Waals surface area contributed by atoms with Crippen molar-refractivity contribution in [3.8, 4) is 0 Å². The number of rotatable bonds is 4. The standard InChI is InChI=1S/C15H23N5O2S2/c1-16-14(21)12-6-10(19-15(22)13-17-2-3-18-13)7-20(12)11-8-23-4-5-24-9-11/h2-3,10-12H,4-9H2,1H3,(H,16,21)(H,17,18)(H,19,22)/t10-,12+/m1/s1. The molecule has 0 saturated carbocycles. The van der Waals surface area contributed by atoms with Crippen molar-refractivity contribution >= 4 is 35.3 Å². The second-order valence-electron chi connectivity index (χ2n) is 5.97. The van der Waals surface area contributed by atoms with Crippen LogP contribution in [0.25, 0.3) is 0 Å². The minimum atomic E-state index is -0.216. The van der Waals surface area contributed by atoms with E-state index in [-0.39, 0.29) is 23.9 Å². The molecule has 2 saturated heterocycles.